The Hall–Kier alpha value is -1.67. The van der Waals surface area contributed by atoms with Crippen molar-refractivity contribution in [1.29, 1.82) is 0 Å². The number of halogens is 1. The molecule has 0 aromatic heterocycles. The van der Waals surface area contributed by atoms with Crippen LogP contribution >= 0.6 is 11.6 Å². The van der Waals surface area contributed by atoms with Crippen LogP contribution in [-0.2, 0) is 0 Å². The van der Waals surface area contributed by atoms with Crippen LogP contribution in [0.3, 0.4) is 0 Å². The molecule has 0 bridgehead atoms. The van der Waals surface area contributed by atoms with Crippen LogP contribution in [0.1, 0.15) is 11.6 Å². The molecule has 0 spiro atoms. The van der Waals surface area contributed by atoms with E-state index < -0.39 is 0 Å². The summed E-state index contributed by atoms with van der Waals surface area (Å²) in [5.41, 5.74) is 3.56. The standard InChI is InChI=1S/C14H13ClN2/c15-11-7-5-10(6-8-11)14-9-16-12-3-1-2-4-13(12)17-14/h1-8,14,16-17H,9H2. The molecule has 1 unspecified atom stereocenters. The first-order chi connectivity index (χ1) is 8.33. The van der Waals surface area contributed by atoms with Gasteiger partial charge in [-0.15, -0.1) is 0 Å². The largest absolute Gasteiger partial charge is 0.381 e. The molecular weight excluding hydrogens is 232 g/mol. The summed E-state index contributed by atoms with van der Waals surface area (Å²) in [6.45, 7) is 0.888. The zero-order valence-corrected chi connectivity index (χ0v) is 10.0. The maximum atomic E-state index is 5.90. The fourth-order valence-electron chi connectivity index (χ4n) is 2.11. The number of hydrogen-bond acceptors (Lipinski definition) is 2. The van der Waals surface area contributed by atoms with E-state index in [9.17, 15) is 0 Å². The monoisotopic (exact) mass is 244 g/mol. The van der Waals surface area contributed by atoms with Gasteiger partial charge in [-0.1, -0.05) is 35.9 Å². The van der Waals surface area contributed by atoms with Crippen molar-refractivity contribution < 1.29 is 0 Å². The van der Waals surface area contributed by atoms with Crippen LogP contribution in [0.25, 0.3) is 0 Å². The lowest BCUT2D eigenvalue weighted by atomic mass is 10.0. The minimum absolute atomic E-state index is 0.294. The number of nitrogens with one attached hydrogen (secondary N) is 2. The van der Waals surface area contributed by atoms with Gasteiger partial charge in [-0.05, 0) is 29.8 Å². The number of benzene rings is 2. The Morgan fingerprint density at radius 1 is 0.941 bits per heavy atom. The Balaban J connectivity index is 1.86. The van der Waals surface area contributed by atoms with Gasteiger partial charge in [-0.3, -0.25) is 0 Å². The van der Waals surface area contributed by atoms with Gasteiger partial charge in [-0.2, -0.15) is 0 Å². The normalized spacial score (nSPS) is 17.8. The number of anilines is 2. The van der Waals surface area contributed by atoms with E-state index in [0.717, 1.165) is 22.9 Å². The maximum Gasteiger partial charge on any atom is 0.0687 e. The molecule has 0 fully saturated rings. The molecule has 0 aliphatic carbocycles. The van der Waals surface area contributed by atoms with E-state index in [2.05, 4.69) is 34.9 Å². The quantitative estimate of drug-likeness (QED) is 0.795. The zero-order chi connectivity index (χ0) is 11.7. The van der Waals surface area contributed by atoms with Crippen LogP contribution in [0.15, 0.2) is 48.5 Å². The third-order valence-corrected chi connectivity index (χ3v) is 3.28. The summed E-state index contributed by atoms with van der Waals surface area (Å²) in [6.07, 6.45) is 0. The van der Waals surface area contributed by atoms with E-state index in [4.69, 9.17) is 11.6 Å². The maximum absolute atomic E-state index is 5.90. The lowest BCUT2D eigenvalue weighted by molar-refractivity contribution is 0.804. The molecule has 2 N–H and O–H groups in total. The summed E-state index contributed by atoms with van der Waals surface area (Å²) in [6, 6.07) is 16.5. The average Bonchev–Trinajstić information content (AvgIpc) is 2.39. The summed E-state index contributed by atoms with van der Waals surface area (Å²) in [4.78, 5) is 0. The van der Waals surface area contributed by atoms with E-state index in [1.54, 1.807) is 0 Å². The van der Waals surface area contributed by atoms with Crippen LogP contribution in [0.2, 0.25) is 5.02 Å². The highest BCUT2D eigenvalue weighted by Gasteiger charge is 2.17. The van der Waals surface area contributed by atoms with Crippen molar-refractivity contribution in [1.82, 2.24) is 0 Å². The van der Waals surface area contributed by atoms with Gasteiger partial charge in [0, 0.05) is 11.6 Å². The molecule has 17 heavy (non-hydrogen) atoms. The van der Waals surface area contributed by atoms with Gasteiger partial charge in [-0.25, -0.2) is 0 Å². The molecule has 0 saturated heterocycles. The predicted octanol–water partition coefficient (Wildman–Crippen LogP) is 3.92. The van der Waals surface area contributed by atoms with Crippen LogP contribution < -0.4 is 10.6 Å². The summed E-state index contributed by atoms with van der Waals surface area (Å²) in [7, 11) is 0. The van der Waals surface area contributed by atoms with Crippen molar-refractivity contribution in [2.75, 3.05) is 17.2 Å². The fourth-order valence-corrected chi connectivity index (χ4v) is 2.24. The third kappa shape index (κ3) is 2.08. The summed E-state index contributed by atoms with van der Waals surface area (Å²) in [5.74, 6) is 0. The van der Waals surface area contributed by atoms with E-state index in [0.29, 0.717) is 6.04 Å². The molecule has 3 heteroatoms. The molecule has 1 aliphatic rings. The van der Waals surface area contributed by atoms with Crippen molar-refractivity contribution in [2.45, 2.75) is 6.04 Å². The smallest absolute Gasteiger partial charge is 0.0687 e. The summed E-state index contributed by atoms with van der Waals surface area (Å²) < 4.78 is 0. The van der Waals surface area contributed by atoms with Gasteiger partial charge in [0.05, 0.1) is 17.4 Å². The van der Waals surface area contributed by atoms with Crippen molar-refractivity contribution in [2.24, 2.45) is 0 Å². The van der Waals surface area contributed by atoms with Gasteiger partial charge in [0.2, 0.25) is 0 Å². The molecule has 0 saturated carbocycles. The molecule has 2 nitrogen and oxygen atoms in total. The van der Waals surface area contributed by atoms with E-state index in [-0.39, 0.29) is 0 Å². The Kier molecular flexibility index (Phi) is 2.65. The van der Waals surface area contributed by atoms with Crippen molar-refractivity contribution >= 4 is 23.0 Å². The highest BCUT2D eigenvalue weighted by Crippen LogP contribution is 2.31. The Labute approximate surface area is 106 Å². The highest BCUT2D eigenvalue weighted by molar-refractivity contribution is 6.30. The zero-order valence-electron chi connectivity index (χ0n) is 9.28. The van der Waals surface area contributed by atoms with Crippen LogP contribution in [-0.4, -0.2) is 6.54 Å². The average molecular weight is 245 g/mol. The van der Waals surface area contributed by atoms with Crippen molar-refractivity contribution in [3.63, 3.8) is 0 Å². The Morgan fingerprint density at radius 3 is 2.41 bits per heavy atom. The molecule has 2 aromatic carbocycles. The van der Waals surface area contributed by atoms with Gasteiger partial charge in [0.15, 0.2) is 0 Å². The first-order valence-electron chi connectivity index (χ1n) is 5.68. The van der Waals surface area contributed by atoms with Crippen LogP contribution in [0, 0.1) is 0 Å². The second kappa shape index (κ2) is 4.30. The number of hydrogen-bond donors (Lipinski definition) is 2. The van der Waals surface area contributed by atoms with E-state index >= 15 is 0 Å². The Morgan fingerprint density at radius 2 is 1.65 bits per heavy atom. The van der Waals surface area contributed by atoms with Crippen molar-refractivity contribution in [3.8, 4) is 0 Å². The van der Waals surface area contributed by atoms with Gasteiger partial charge in [0.1, 0.15) is 0 Å². The Bertz CT molecular complexity index is 522. The second-order valence-electron chi connectivity index (χ2n) is 4.17. The molecule has 2 aromatic rings. The number of fused-ring (bicyclic) bond motifs is 1. The van der Waals surface area contributed by atoms with E-state index in [1.165, 1.54) is 5.56 Å². The summed E-state index contributed by atoms with van der Waals surface area (Å²) >= 11 is 5.90. The van der Waals surface area contributed by atoms with Gasteiger partial charge in [0.25, 0.3) is 0 Å². The minimum atomic E-state index is 0.294. The molecule has 0 amide bonds. The van der Waals surface area contributed by atoms with Crippen molar-refractivity contribution in [3.05, 3.63) is 59.1 Å². The van der Waals surface area contributed by atoms with Crippen LogP contribution in [0.5, 0.6) is 0 Å². The fraction of sp³-hybridized carbons (Fsp3) is 0.143. The lowest BCUT2D eigenvalue weighted by Gasteiger charge is -2.28. The number of para-hydroxylation sites is 2. The van der Waals surface area contributed by atoms with Gasteiger partial charge >= 0.3 is 0 Å². The lowest BCUT2D eigenvalue weighted by Crippen LogP contribution is -2.25. The molecule has 1 atom stereocenters. The first kappa shape index (κ1) is 10.5. The topological polar surface area (TPSA) is 24.1 Å². The molecule has 3 rings (SSSR count). The van der Waals surface area contributed by atoms with Gasteiger partial charge < -0.3 is 10.6 Å². The number of rotatable bonds is 1. The third-order valence-electron chi connectivity index (χ3n) is 3.03. The first-order valence-corrected chi connectivity index (χ1v) is 6.05. The second-order valence-corrected chi connectivity index (χ2v) is 4.61. The minimum Gasteiger partial charge on any atom is -0.381 e. The molecule has 0 radical (unpaired) electrons. The molecule has 1 heterocycles. The molecular formula is C14H13ClN2. The molecule has 1 aliphatic heterocycles. The SMILES string of the molecule is Clc1ccc(C2CNc3ccccc3N2)cc1. The predicted molar refractivity (Wildman–Crippen MR) is 72.7 cm³/mol. The van der Waals surface area contributed by atoms with Crippen LogP contribution in [0.4, 0.5) is 11.4 Å². The highest BCUT2D eigenvalue weighted by atomic mass is 35.5. The van der Waals surface area contributed by atoms with E-state index in [1.807, 2.05) is 24.3 Å². The molecule has 86 valence electrons. The summed E-state index contributed by atoms with van der Waals surface area (Å²) in [5, 5.41) is 7.73.